The minimum Gasteiger partial charge on any atom is -0.384 e. The van der Waals surface area contributed by atoms with Crippen molar-refractivity contribution in [2.75, 3.05) is 25.5 Å². The largest absolute Gasteiger partial charge is 0.384 e. The Bertz CT molecular complexity index is 570. The number of hydrogen-bond acceptors (Lipinski definition) is 2. The zero-order chi connectivity index (χ0) is 12.3. The summed E-state index contributed by atoms with van der Waals surface area (Å²) in [7, 11) is 2.22. The van der Waals surface area contributed by atoms with Crippen molar-refractivity contribution in [1.82, 2.24) is 4.90 Å². The van der Waals surface area contributed by atoms with Gasteiger partial charge in [-0.25, -0.2) is 0 Å². The van der Waals surface area contributed by atoms with Gasteiger partial charge in [-0.1, -0.05) is 24.8 Å². The molecule has 1 N–H and O–H groups in total. The average Bonchev–Trinajstić information content (AvgIpc) is 2.76. The van der Waals surface area contributed by atoms with Crippen molar-refractivity contribution in [3.8, 4) is 0 Å². The number of anilines is 1. The molecule has 4 rings (SSSR count). The van der Waals surface area contributed by atoms with Crippen molar-refractivity contribution in [3.05, 3.63) is 47.6 Å². The highest BCUT2D eigenvalue weighted by atomic mass is 15.1. The standard InChI is InChI=1S/C16H18N2/c1-10-6-13-12-4-3-5-14-16(12)11(8-17-14)7-15(13)18(2)9-10/h3-6,11,15,17H,1,7-9H2,2H3/t11-,15-/m1/s1. The number of fused-ring (bicyclic) bond motifs is 2. The van der Waals surface area contributed by atoms with Gasteiger partial charge in [0.2, 0.25) is 0 Å². The van der Waals surface area contributed by atoms with Crippen LogP contribution in [-0.2, 0) is 0 Å². The summed E-state index contributed by atoms with van der Waals surface area (Å²) in [5.74, 6) is 0.687. The Balaban J connectivity index is 1.95. The summed E-state index contributed by atoms with van der Waals surface area (Å²) in [4.78, 5) is 2.45. The molecule has 0 saturated heterocycles. The van der Waals surface area contributed by atoms with Crippen molar-refractivity contribution < 1.29 is 0 Å². The first-order chi connectivity index (χ1) is 8.74. The van der Waals surface area contributed by atoms with Crippen LogP contribution in [0.3, 0.4) is 0 Å². The number of likely N-dealkylation sites (N-methyl/N-ethyl adjacent to an activating group) is 1. The quantitative estimate of drug-likeness (QED) is 0.747. The van der Waals surface area contributed by atoms with Crippen LogP contribution in [0, 0.1) is 0 Å². The number of nitrogens with one attached hydrogen (secondary N) is 1. The summed E-state index contributed by atoms with van der Waals surface area (Å²) >= 11 is 0. The average molecular weight is 238 g/mol. The highest BCUT2D eigenvalue weighted by molar-refractivity contribution is 5.82. The van der Waals surface area contributed by atoms with Gasteiger partial charge in [-0.05, 0) is 41.8 Å². The Kier molecular flexibility index (Phi) is 2.01. The topological polar surface area (TPSA) is 15.3 Å². The minimum atomic E-state index is 0.572. The van der Waals surface area contributed by atoms with E-state index in [1.54, 1.807) is 5.56 Å². The molecule has 3 aliphatic rings. The Labute approximate surface area is 108 Å². The van der Waals surface area contributed by atoms with Gasteiger partial charge in [-0.3, -0.25) is 4.90 Å². The van der Waals surface area contributed by atoms with E-state index >= 15 is 0 Å². The molecular formula is C16H18N2. The number of hydrogen-bond donors (Lipinski definition) is 1. The molecule has 0 unspecified atom stereocenters. The summed E-state index contributed by atoms with van der Waals surface area (Å²) in [6.45, 7) is 6.26. The summed E-state index contributed by atoms with van der Waals surface area (Å²) in [6, 6.07) is 7.23. The predicted molar refractivity (Wildman–Crippen MR) is 75.8 cm³/mol. The normalized spacial score (nSPS) is 29.4. The summed E-state index contributed by atoms with van der Waals surface area (Å²) in [6.07, 6.45) is 3.56. The SMILES string of the molecule is C=C1C=C2c3cccc4c3[C@@H](CN4)C[C@H]2N(C)C1. The Morgan fingerprint density at radius 1 is 1.39 bits per heavy atom. The third-order valence-electron chi connectivity index (χ3n) is 4.58. The van der Waals surface area contributed by atoms with Gasteiger partial charge in [-0.2, -0.15) is 0 Å². The van der Waals surface area contributed by atoms with Crippen LogP contribution in [0.5, 0.6) is 0 Å². The van der Waals surface area contributed by atoms with E-state index in [4.69, 9.17) is 0 Å². The first-order valence-electron chi connectivity index (χ1n) is 6.71. The molecule has 0 bridgehead atoms. The van der Waals surface area contributed by atoms with E-state index < -0.39 is 0 Å². The van der Waals surface area contributed by atoms with E-state index in [0.717, 1.165) is 13.1 Å². The molecule has 1 aromatic carbocycles. The second-order valence-electron chi connectivity index (χ2n) is 5.77. The van der Waals surface area contributed by atoms with Crippen LogP contribution in [0.4, 0.5) is 5.69 Å². The highest BCUT2D eigenvalue weighted by Crippen LogP contribution is 2.48. The smallest absolute Gasteiger partial charge is 0.0382 e. The van der Waals surface area contributed by atoms with E-state index in [2.05, 4.69) is 48.1 Å². The van der Waals surface area contributed by atoms with Crippen LogP contribution < -0.4 is 5.32 Å². The molecule has 0 saturated carbocycles. The molecule has 1 aromatic rings. The molecular weight excluding hydrogens is 220 g/mol. The van der Waals surface area contributed by atoms with E-state index in [1.165, 1.54) is 28.8 Å². The first-order valence-corrected chi connectivity index (χ1v) is 6.71. The second-order valence-corrected chi connectivity index (χ2v) is 5.77. The molecule has 92 valence electrons. The minimum absolute atomic E-state index is 0.572. The van der Waals surface area contributed by atoms with Crippen LogP contribution in [0.15, 0.2) is 36.4 Å². The molecule has 2 aliphatic heterocycles. The number of nitrogens with zero attached hydrogens (tertiary/aromatic N) is 1. The highest BCUT2D eigenvalue weighted by Gasteiger charge is 2.38. The van der Waals surface area contributed by atoms with Crippen LogP contribution in [0.1, 0.15) is 23.5 Å². The van der Waals surface area contributed by atoms with Gasteiger partial charge in [0.25, 0.3) is 0 Å². The maximum atomic E-state index is 4.15. The van der Waals surface area contributed by atoms with Gasteiger partial charge in [0.1, 0.15) is 0 Å². The third kappa shape index (κ3) is 1.27. The Morgan fingerprint density at radius 3 is 3.17 bits per heavy atom. The summed E-state index contributed by atoms with van der Waals surface area (Å²) < 4.78 is 0. The number of rotatable bonds is 0. The van der Waals surface area contributed by atoms with Crippen molar-refractivity contribution in [2.45, 2.75) is 18.4 Å². The lowest BCUT2D eigenvalue weighted by Gasteiger charge is -2.40. The second kappa shape index (κ2) is 3.48. The van der Waals surface area contributed by atoms with E-state index in [-0.39, 0.29) is 0 Å². The molecule has 2 nitrogen and oxygen atoms in total. The molecule has 0 fully saturated rings. The first kappa shape index (κ1) is 10.4. The molecule has 2 atom stereocenters. The predicted octanol–water partition coefficient (Wildman–Crippen LogP) is 2.85. The Morgan fingerprint density at radius 2 is 2.28 bits per heavy atom. The van der Waals surface area contributed by atoms with Crippen molar-refractivity contribution in [3.63, 3.8) is 0 Å². The fourth-order valence-electron chi connectivity index (χ4n) is 3.81. The molecule has 1 aliphatic carbocycles. The van der Waals surface area contributed by atoms with Crippen LogP contribution in [0.2, 0.25) is 0 Å². The molecule has 18 heavy (non-hydrogen) atoms. The van der Waals surface area contributed by atoms with E-state index in [1.807, 2.05) is 0 Å². The fraction of sp³-hybridized carbons (Fsp3) is 0.375. The third-order valence-corrected chi connectivity index (χ3v) is 4.58. The van der Waals surface area contributed by atoms with Crippen LogP contribution in [0.25, 0.3) is 5.57 Å². The molecule has 0 spiro atoms. The zero-order valence-electron chi connectivity index (χ0n) is 10.7. The lowest BCUT2D eigenvalue weighted by atomic mass is 9.75. The van der Waals surface area contributed by atoms with Gasteiger partial charge in [-0.15, -0.1) is 0 Å². The van der Waals surface area contributed by atoms with Gasteiger partial charge >= 0.3 is 0 Å². The summed E-state index contributed by atoms with van der Waals surface area (Å²) in [5, 5.41) is 3.55. The van der Waals surface area contributed by atoms with Gasteiger partial charge in [0, 0.05) is 30.7 Å². The monoisotopic (exact) mass is 238 g/mol. The van der Waals surface area contributed by atoms with Gasteiger partial charge in [0.05, 0.1) is 0 Å². The maximum Gasteiger partial charge on any atom is 0.0382 e. The lowest BCUT2D eigenvalue weighted by molar-refractivity contribution is 0.280. The molecule has 0 amide bonds. The van der Waals surface area contributed by atoms with Crippen molar-refractivity contribution in [1.29, 1.82) is 0 Å². The zero-order valence-corrected chi connectivity index (χ0v) is 10.7. The molecule has 0 radical (unpaired) electrons. The lowest BCUT2D eigenvalue weighted by Crippen LogP contribution is -2.40. The molecule has 0 aromatic heterocycles. The van der Waals surface area contributed by atoms with E-state index in [0.29, 0.717) is 12.0 Å². The molecule has 2 heterocycles. The van der Waals surface area contributed by atoms with Crippen LogP contribution in [-0.4, -0.2) is 31.1 Å². The maximum absolute atomic E-state index is 4.15. The van der Waals surface area contributed by atoms with E-state index in [9.17, 15) is 0 Å². The van der Waals surface area contributed by atoms with Crippen LogP contribution >= 0.6 is 0 Å². The van der Waals surface area contributed by atoms with Gasteiger partial charge < -0.3 is 5.32 Å². The summed E-state index contributed by atoms with van der Waals surface area (Å²) in [5.41, 5.74) is 7.04. The fourth-order valence-corrected chi connectivity index (χ4v) is 3.81. The number of benzene rings is 1. The van der Waals surface area contributed by atoms with Crippen molar-refractivity contribution >= 4 is 11.3 Å². The molecule has 2 heteroatoms. The van der Waals surface area contributed by atoms with Gasteiger partial charge in [0.15, 0.2) is 0 Å². The van der Waals surface area contributed by atoms with Crippen molar-refractivity contribution in [2.24, 2.45) is 0 Å². The Hall–Kier alpha value is -1.54.